The molecule has 0 bridgehead atoms. The van der Waals surface area contributed by atoms with E-state index in [9.17, 15) is 9.90 Å². The van der Waals surface area contributed by atoms with Crippen molar-refractivity contribution >= 4 is 5.91 Å². The number of rotatable bonds is 5. The minimum atomic E-state index is -0.321. The molecule has 0 spiro atoms. The Labute approximate surface area is 105 Å². The number of aromatic nitrogens is 2. The zero-order valence-electron chi connectivity index (χ0n) is 9.84. The van der Waals surface area contributed by atoms with E-state index in [0.717, 1.165) is 5.69 Å². The Hall–Kier alpha value is -2.14. The van der Waals surface area contributed by atoms with Gasteiger partial charge in [-0.1, -0.05) is 18.2 Å². The van der Waals surface area contributed by atoms with E-state index in [1.54, 1.807) is 36.8 Å². The van der Waals surface area contributed by atoms with Crippen molar-refractivity contribution in [1.29, 1.82) is 0 Å². The molecule has 0 aliphatic carbocycles. The van der Waals surface area contributed by atoms with Crippen molar-refractivity contribution in [3.8, 4) is 0 Å². The first-order valence-electron chi connectivity index (χ1n) is 5.73. The fraction of sp³-hybridized carbons (Fsp3) is 0.231. The number of carbonyl (C=O) groups excluding carboxylic acids is 1. The van der Waals surface area contributed by atoms with Crippen LogP contribution in [0.15, 0.2) is 42.9 Å². The van der Waals surface area contributed by atoms with Crippen molar-refractivity contribution < 1.29 is 9.90 Å². The quantitative estimate of drug-likeness (QED) is 0.727. The van der Waals surface area contributed by atoms with E-state index in [-0.39, 0.29) is 18.6 Å². The third kappa shape index (κ3) is 3.18. The highest BCUT2D eigenvalue weighted by atomic mass is 16.3. The molecule has 0 aliphatic rings. The number of nitrogens with zero attached hydrogens (tertiary/aromatic N) is 1. The van der Waals surface area contributed by atoms with Gasteiger partial charge in [-0.3, -0.25) is 4.79 Å². The largest absolute Gasteiger partial charge is 0.394 e. The van der Waals surface area contributed by atoms with Crippen LogP contribution in [-0.4, -0.2) is 33.6 Å². The van der Waals surface area contributed by atoms with Gasteiger partial charge in [-0.15, -0.1) is 0 Å². The van der Waals surface area contributed by atoms with Gasteiger partial charge < -0.3 is 15.4 Å². The van der Waals surface area contributed by atoms with E-state index in [1.165, 1.54) is 0 Å². The lowest BCUT2D eigenvalue weighted by Crippen LogP contribution is -2.39. The Morgan fingerprint density at radius 1 is 1.39 bits per heavy atom. The second kappa shape index (κ2) is 5.97. The Balaban J connectivity index is 1.96. The molecule has 0 saturated heterocycles. The second-order valence-electron chi connectivity index (χ2n) is 4.00. The number of aliphatic hydroxyl groups is 1. The van der Waals surface area contributed by atoms with Crippen molar-refractivity contribution in [2.24, 2.45) is 0 Å². The smallest absolute Gasteiger partial charge is 0.251 e. The van der Waals surface area contributed by atoms with E-state index in [0.29, 0.717) is 12.0 Å². The third-order valence-electron chi connectivity index (χ3n) is 2.61. The van der Waals surface area contributed by atoms with Gasteiger partial charge in [-0.2, -0.15) is 0 Å². The summed E-state index contributed by atoms with van der Waals surface area (Å²) in [6.45, 7) is -0.113. The van der Waals surface area contributed by atoms with Crippen LogP contribution in [0.4, 0.5) is 0 Å². The summed E-state index contributed by atoms with van der Waals surface area (Å²) in [6, 6.07) is 8.61. The van der Waals surface area contributed by atoms with Crippen LogP contribution in [0.5, 0.6) is 0 Å². The molecule has 0 unspecified atom stereocenters. The highest BCUT2D eigenvalue weighted by molar-refractivity contribution is 5.94. The predicted octanol–water partition coefficient (Wildman–Crippen LogP) is 0.743. The Kier molecular flexibility index (Phi) is 4.09. The average Bonchev–Trinajstić information content (AvgIpc) is 2.91. The number of H-pyrrole nitrogens is 1. The molecule has 94 valence electrons. The summed E-state index contributed by atoms with van der Waals surface area (Å²) in [5, 5.41) is 12.1. The summed E-state index contributed by atoms with van der Waals surface area (Å²) in [7, 11) is 0. The van der Waals surface area contributed by atoms with Crippen LogP contribution in [0.25, 0.3) is 0 Å². The Bertz CT molecular complexity index is 482. The zero-order valence-corrected chi connectivity index (χ0v) is 9.84. The number of hydrogen-bond acceptors (Lipinski definition) is 3. The van der Waals surface area contributed by atoms with Gasteiger partial charge in [0.25, 0.3) is 5.91 Å². The maximum absolute atomic E-state index is 11.9. The molecule has 1 aromatic heterocycles. The lowest BCUT2D eigenvalue weighted by molar-refractivity contribution is 0.0916. The van der Waals surface area contributed by atoms with E-state index in [1.807, 2.05) is 6.07 Å². The summed E-state index contributed by atoms with van der Waals surface area (Å²) >= 11 is 0. The van der Waals surface area contributed by atoms with Crippen LogP contribution < -0.4 is 5.32 Å². The number of aromatic amines is 1. The van der Waals surface area contributed by atoms with Crippen molar-refractivity contribution in [2.75, 3.05) is 6.61 Å². The maximum Gasteiger partial charge on any atom is 0.251 e. The van der Waals surface area contributed by atoms with Crippen LogP contribution in [-0.2, 0) is 6.42 Å². The molecule has 2 rings (SSSR count). The SMILES string of the molecule is O=C(N[C@H](CO)Cc1cnc[nH]1)c1ccccc1. The number of carbonyl (C=O) groups is 1. The molecule has 18 heavy (non-hydrogen) atoms. The molecule has 0 saturated carbocycles. The Morgan fingerprint density at radius 3 is 2.78 bits per heavy atom. The number of imidazole rings is 1. The minimum Gasteiger partial charge on any atom is -0.394 e. The van der Waals surface area contributed by atoms with Gasteiger partial charge in [0.1, 0.15) is 0 Å². The molecule has 3 N–H and O–H groups in total. The van der Waals surface area contributed by atoms with Crippen LogP contribution >= 0.6 is 0 Å². The van der Waals surface area contributed by atoms with E-state index in [2.05, 4.69) is 15.3 Å². The number of aliphatic hydroxyl groups excluding tert-OH is 1. The summed E-state index contributed by atoms with van der Waals surface area (Å²) in [5.41, 5.74) is 1.46. The monoisotopic (exact) mass is 245 g/mol. The number of nitrogens with one attached hydrogen (secondary N) is 2. The van der Waals surface area contributed by atoms with E-state index >= 15 is 0 Å². The van der Waals surface area contributed by atoms with Crippen molar-refractivity contribution in [2.45, 2.75) is 12.5 Å². The predicted molar refractivity (Wildman–Crippen MR) is 67.1 cm³/mol. The molecular weight excluding hydrogens is 230 g/mol. The second-order valence-corrected chi connectivity index (χ2v) is 4.00. The lowest BCUT2D eigenvalue weighted by Gasteiger charge is -2.15. The van der Waals surface area contributed by atoms with E-state index < -0.39 is 0 Å². The average molecular weight is 245 g/mol. The van der Waals surface area contributed by atoms with Crippen molar-refractivity contribution in [3.63, 3.8) is 0 Å². The van der Waals surface area contributed by atoms with Gasteiger partial charge in [0.15, 0.2) is 0 Å². The summed E-state index contributed by atoms with van der Waals surface area (Å²) in [6.07, 6.45) is 3.77. The number of hydrogen-bond donors (Lipinski definition) is 3. The molecule has 5 nitrogen and oxygen atoms in total. The van der Waals surface area contributed by atoms with Gasteiger partial charge in [0, 0.05) is 23.9 Å². The van der Waals surface area contributed by atoms with Gasteiger partial charge in [-0.05, 0) is 12.1 Å². The molecule has 0 radical (unpaired) electrons. The fourth-order valence-electron chi connectivity index (χ4n) is 1.68. The normalized spacial score (nSPS) is 12.1. The standard InChI is InChI=1S/C13H15N3O2/c17-8-12(6-11-7-14-9-15-11)16-13(18)10-4-2-1-3-5-10/h1-5,7,9,12,17H,6,8H2,(H,14,15)(H,16,18)/t12-/m0/s1. The highest BCUT2D eigenvalue weighted by Crippen LogP contribution is 2.02. The molecule has 2 aromatic rings. The lowest BCUT2D eigenvalue weighted by atomic mass is 10.1. The summed E-state index contributed by atoms with van der Waals surface area (Å²) in [4.78, 5) is 18.7. The highest BCUT2D eigenvalue weighted by Gasteiger charge is 2.13. The van der Waals surface area contributed by atoms with Crippen LogP contribution in [0, 0.1) is 0 Å². The van der Waals surface area contributed by atoms with Crippen molar-refractivity contribution in [3.05, 3.63) is 54.1 Å². The number of amides is 1. The van der Waals surface area contributed by atoms with Gasteiger partial charge >= 0.3 is 0 Å². The Morgan fingerprint density at radius 2 is 2.17 bits per heavy atom. The van der Waals surface area contributed by atoms with Gasteiger partial charge in [0.05, 0.1) is 19.0 Å². The van der Waals surface area contributed by atoms with Crippen LogP contribution in [0.1, 0.15) is 16.1 Å². The molecule has 5 heteroatoms. The minimum absolute atomic E-state index is 0.113. The first kappa shape index (κ1) is 12.3. The van der Waals surface area contributed by atoms with Crippen molar-refractivity contribution in [1.82, 2.24) is 15.3 Å². The molecule has 1 amide bonds. The number of benzene rings is 1. The summed E-state index contributed by atoms with van der Waals surface area (Å²) in [5.74, 6) is -0.186. The van der Waals surface area contributed by atoms with Crippen LogP contribution in [0.2, 0.25) is 0 Å². The van der Waals surface area contributed by atoms with E-state index in [4.69, 9.17) is 0 Å². The maximum atomic E-state index is 11.9. The molecular formula is C13H15N3O2. The zero-order chi connectivity index (χ0) is 12.8. The first-order chi connectivity index (χ1) is 8.79. The summed E-state index contributed by atoms with van der Waals surface area (Å²) < 4.78 is 0. The molecule has 1 aromatic carbocycles. The topological polar surface area (TPSA) is 78.0 Å². The molecule has 1 atom stereocenters. The molecule has 0 aliphatic heterocycles. The first-order valence-corrected chi connectivity index (χ1v) is 5.73. The fourth-order valence-corrected chi connectivity index (χ4v) is 1.68. The molecule has 0 fully saturated rings. The van der Waals surface area contributed by atoms with Gasteiger partial charge in [-0.25, -0.2) is 4.98 Å². The van der Waals surface area contributed by atoms with Gasteiger partial charge in [0.2, 0.25) is 0 Å². The third-order valence-corrected chi connectivity index (χ3v) is 2.61. The molecule has 1 heterocycles. The van der Waals surface area contributed by atoms with Crippen LogP contribution in [0.3, 0.4) is 0 Å².